The lowest BCUT2D eigenvalue weighted by Crippen LogP contribution is -2.37. The van der Waals surface area contributed by atoms with Crippen LogP contribution in [-0.2, 0) is 14.8 Å². The number of piperidine rings is 1. The number of rotatable bonds is 9. The fourth-order valence-corrected chi connectivity index (χ4v) is 4.95. The molecule has 2 aromatic carbocycles. The third-order valence-corrected chi connectivity index (χ3v) is 7.40. The van der Waals surface area contributed by atoms with Crippen molar-refractivity contribution in [1.29, 1.82) is 0 Å². The molecule has 1 aliphatic heterocycles. The van der Waals surface area contributed by atoms with Crippen molar-refractivity contribution in [2.24, 2.45) is 5.92 Å². The second-order valence-electron chi connectivity index (χ2n) is 7.90. The first-order valence-electron chi connectivity index (χ1n) is 10.6. The van der Waals surface area contributed by atoms with Crippen LogP contribution in [0, 0.1) is 5.92 Å². The Bertz CT molecular complexity index is 1130. The van der Waals surface area contributed by atoms with Crippen LogP contribution in [0.15, 0.2) is 53.4 Å². The van der Waals surface area contributed by atoms with Crippen LogP contribution in [0.2, 0.25) is 0 Å². The van der Waals surface area contributed by atoms with Gasteiger partial charge in [0.2, 0.25) is 10.0 Å². The van der Waals surface area contributed by atoms with Crippen molar-refractivity contribution in [3.05, 3.63) is 59.7 Å². The Morgan fingerprint density at radius 2 is 1.76 bits per heavy atom. The number of carboxylic acids is 1. The van der Waals surface area contributed by atoms with E-state index < -0.39 is 22.6 Å². The molecule has 1 fully saturated rings. The number of nitrogens with zero attached hydrogens (tertiary/aromatic N) is 1. The van der Waals surface area contributed by atoms with Crippen molar-refractivity contribution in [1.82, 2.24) is 4.31 Å². The standard InChI is InChI=1S/C24H27NO7S/c1-17-11-13-25(14-12-17)33(29,30)20-7-5-19(6-8-20)21(26)9-3-18-4-10-22(23(15-18)31-2)32-16-24(27)28/h3-10,15,17H,11-14,16H2,1-2H3,(H,27,28)/b9-3+. The molecule has 1 saturated heterocycles. The molecule has 0 radical (unpaired) electrons. The third kappa shape index (κ3) is 6.21. The van der Waals surface area contributed by atoms with Crippen molar-refractivity contribution >= 4 is 27.9 Å². The van der Waals surface area contributed by atoms with Gasteiger partial charge in [-0.3, -0.25) is 4.79 Å². The van der Waals surface area contributed by atoms with Gasteiger partial charge in [0.15, 0.2) is 23.9 Å². The molecule has 1 aliphatic rings. The zero-order valence-corrected chi connectivity index (χ0v) is 19.4. The average molecular weight is 474 g/mol. The minimum atomic E-state index is -3.56. The van der Waals surface area contributed by atoms with Gasteiger partial charge in [0.05, 0.1) is 12.0 Å². The van der Waals surface area contributed by atoms with Crippen LogP contribution in [0.4, 0.5) is 0 Å². The Morgan fingerprint density at radius 3 is 2.36 bits per heavy atom. The molecule has 0 unspecified atom stereocenters. The number of carbonyl (C=O) groups excluding carboxylic acids is 1. The highest BCUT2D eigenvalue weighted by Gasteiger charge is 2.28. The van der Waals surface area contributed by atoms with Crippen LogP contribution < -0.4 is 9.47 Å². The smallest absolute Gasteiger partial charge is 0.341 e. The van der Waals surface area contributed by atoms with Gasteiger partial charge in [-0.1, -0.05) is 19.1 Å². The van der Waals surface area contributed by atoms with Gasteiger partial charge in [0, 0.05) is 18.7 Å². The third-order valence-electron chi connectivity index (χ3n) is 5.49. The largest absolute Gasteiger partial charge is 0.493 e. The first-order valence-corrected chi connectivity index (χ1v) is 12.0. The number of benzene rings is 2. The number of ketones is 1. The predicted molar refractivity (Wildman–Crippen MR) is 123 cm³/mol. The summed E-state index contributed by atoms with van der Waals surface area (Å²) >= 11 is 0. The molecule has 3 rings (SSSR count). The molecule has 0 spiro atoms. The van der Waals surface area contributed by atoms with E-state index in [-0.39, 0.29) is 16.4 Å². The van der Waals surface area contributed by atoms with Crippen LogP contribution in [0.3, 0.4) is 0 Å². The highest BCUT2D eigenvalue weighted by Crippen LogP contribution is 2.29. The summed E-state index contributed by atoms with van der Waals surface area (Å²) in [5.74, 6) is -0.237. The Morgan fingerprint density at radius 1 is 1.09 bits per heavy atom. The quantitative estimate of drug-likeness (QED) is 0.439. The van der Waals surface area contributed by atoms with Gasteiger partial charge in [-0.15, -0.1) is 0 Å². The van der Waals surface area contributed by atoms with Gasteiger partial charge in [-0.05, 0) is 66.8 Å². The van der Waals surface area contributed by atoms with Gasteiger partial charge in [-0.2, -0.15) is 4.31 Å². The molecule has 8 nitrogen and oxygen atoms in total. The summed E-state index contributed by atoms with van der Waals surface area (Å²) in [4.78, 5) is 23.4. The van der Waals surface area contributed by atoms with Gasteiger partial charge < -0.3 is 14.6 Å². The zero-order valence-electron chi connectivity index (χ0n) is 18.6. The number of ether oxygens (including phenoxy) is 2. The van der Waals surface area contributed by atoms with E-state index >= 15 is 0 Å². The number of sulfonamides is 1. The Labute approximate surface area is 193 Å². The molecule has 0 amide bonds. The maximum Gasteiger partial charge on any atom is 0.341 e. The van der Waals surface area contributed by atoms with Gasteiger partial charge in [0.1, 0.15) is 0 Å². The summed E-state index contributed by atoms with van der Waals surface area (Å²) in [6, 6.07) is 10.8. The van der Waals surface area contributed by atoms with Crippen LogP contribution >= 0.6 is 0 Å². The van der Waals surface area contributed by atoms with Crippen LogP contribution in [0.5, 0.6) is 11.5 Å². The number of aliphatic carboxylic acids is 1. The second-order valence-corrected chi connectivity index (χ2v) is 9.84. The maximum absolute atomic E-state index is 12.8. The van der Waals surface area contributed by atoms with Crippen molar-refractivity contribution in [2.45, 2.75) is 24.7 Å². The molecule has 0 aliphatic carbocycles. The summed E-state index contributed by atoms with van der Waals surface area (Å²) < 4.78 is 37.5. The monoisotopic (exact) mass is 473 g/mol. The first kappa shape index (κ1) is 24.5. The zero-order chi connectivity index (χ0) is 24.0. The molecule has 0 saturated carbocycles. The summed E-state index contributed by atoms with van der Waals surface area (Å²) in [7, 11) is -2.13. The van der Waals surface area contributed by atoms with E-state index in [0.717, 1.165) is 12.8 Å². The van der Waals surface area contributed by atoms with E-state index in [9.17, 15) is 18.0 Å². The molecule has 0 atom stereocenters. The molecule has 0 bridgehead atoms. The number of hydrogen-bond acceptors (Lipinski definition) is 6. The summed E-state index contributed by atoms with van der Waals surface area (Å²) in [6.07, 6.45) is 4.66. The summed E-state index contributed by atoms with van der Waals surface area (Å²) in [5, 5.41) is 8.73. The van der Waals surface area contributed by atoms with E-state index in [0.29, 0.717) is 35.9 Å². The molecule has 1 N–H and O–H groups in total. The van der Waals surface area contributed by atoms with Crippen LogP contribution in [0.25, 0.3) is 6.08 Å². The number of carboxylic acid groups (broad SMARTS) is 1. The van der Waals surface area contributed by atoms with Crippen LogP contribution in [-0.4, -0.2) is 56.4 Å². The second kappa shape index (κ2) is 10.6. The predicted octanol–water partition coefficient (Wildman–Crippen LogP) is 3.48. The Kier molecular flexibility index (Phi) is 7.88. The number of methoxy groups -OCH3 is 1. The van der Waals surface area contributed by atoms with E-state index in [2.05, 4.69) is 6.92 Å². The number of allylic oxidation sites excluding steroid dienone is 1. The van der Waals surface area contributed by atoms with Crippen molar-refractivity contribution < 1.29 is 32.6 Å². The lowest BCUT2D eigenvalue weighted by atomic mass is 10.0. The normalized spacial score (nSPS) is 15.5. The average Bonchev–Trinajstić information content (AvgIpc) is 2.81. The van der Waals surface area contributed by atoms with Crippen molar-refractivity contribution in [2.75, 3.05) is 26.8 Å². The maximum atomic E-state index is 12.8. The fraction of sp³-hybridized carbons (Fsp3) is 0.333. The topological polar surface area (TPSA) is 110 Å². The Balaban J connectivity index is 1.68. The molecular weight excluding hydrogens is 446 g/mol. The summed E-state index contributed by atoms with van der Waals surface area (Å²) in [5.41, 5.74) is 1.02. The minimum Gasteiger partial charge on any atom is -0.493 e. The molecule has 2 aromatic rings. The van der Waals surface area contributed by atoms with E-state index in [1.165, 1.54) is 41.8 Å². The van der Waals surface area contributed by atoms with E-state index in [1.807, 2.05) is 0 Å². The molecule has 33 heavy (non-hydrogen) atoms. The molecule has 9 heteroatoms. The van der Waals surface area contributed by atoms with E-state index in [1.54, 1.807) is 24.3 Å². The van der Waals surface area contributed by atoms with Crippen molar-refractivity contribution in [3.8, 4) is 11.5 Å². The van der Waals surface area contributed by atoms with E-state index in [4.69, 9.17) is 14.6 Å². The molecular formula is C24H27NO7S. The number of hydrogen-bond donors (Lipinski definition) is 1. The molecule has 0 aromatic heterocycles. The van der Waals surface area contributed by atoms with Crippen LogP contribution in [0.1, 0.15) is 35.7 Å². The highest BCUT2D eigenvalue weighted by molar-refractivity contribution is 7.89. The molecule has 1 heterocycles. The minimum absolute atomic E-state index is 0.180. The lowest BCUT2D eigenvalue weighted by molar-refractivity contribution is -0.139. The lowest BCUT2D eigenvalue weighted by Gasteiger charge is -2.29. The molecule has 176 valence electrons. The van der Waals surface area contributed by atoms with Crippen molar-refractivity contribution in [3.63, 3.8) is 0 Å². The summed E-state index contributed by atoms with van der Waals surface area (Å²) in [6.45, 7) is 2.65. The highest BCUT2D eigenvalue weighted by atomic mass is 32.2. The SMILES string of the molecule is COc1cc(/C=C/C(=O)c2ccc(S(=O)(=O)N3CCC(C)CC3)cc2)ccc1OCC(=O)O. The van der Waals surface area contributed by atoms with Gasteiger partial charge in [0.25, 0.3) is 0 Å². The first-order chi connectivity index (χ1) is 15.7. The van der Waals surface area contributed by atoms with Gasteiger partial charge >= 0.3 is 5.97 Å². The Hall–Kier alpha value is -3.17. The fourth-order valence-electron chi connectivity index (χ4n) is 3.48. The van der Waals surface area contributed by atoms with Gasteiger partial charge in [-0.25, -0.2) is 13.2 Å². The number of carbonyl (C=O) groups is 2.